The molecule has 2 rings (SSSR count). The Hall–Kier alpha value is -1.64. The number of benzene rings is 1. The first-order chi connectivity index (χ1) is 7.88. The molecule has 1 aromatic rings. The van der Waals surface area contributed by atoms with Crippen LogP contribution in [-0.4, -0.2) is 11.6 Å². The Balaban J connectivity index is 2.28. The zero-order valence-electron chi connectivity index (χ0n) is 10.8. The van der Waals surface area contributed by atoms with E-state index in [4.69, 9.17) is 0 Å². The number of carbonyl (C=O) groups excluding carboxylic acids is 1. The van der Waals surface area contributed by atoms with Gasteiger partial charge in [0.2, 0.25) is 0 Å². The third-order valence-corrected chi connectivity index (χ3v) is 2.89. The van der Waals surface area contributed by atoms with Gasteiger partial charge in [-0.15, -0.1) is 0 Å². The molecule has 3 heteroatoms. The summed E-state index contributed by atoms with van der Waals surface area (Å²) in [4.78, 5) is 11.7. The van der Waals surface area contributed by atoms with Crippen LogP contribution in [0.1, 0.15) is 39.7 Å². The predicted octanol–water partition coefficient (Wildman–Crippen LogP) is 3.10. The van der Waals surface area contributed by atoms with E-state index in [2.05, 4.69) is 38.0 Å². The highest BCUT2D eigenvalue weighted by Crippen LogP contribution is 2.26. The Labute approximate surface area is 102 Å². The number of nitrogens with zero attached hydrogens (tertiary/aromatic N) is 2. The lowest BCUT2D eigenvalue weighted by atomic mass is 9.87. The molecule has 0 spiro atoms. The predicted molar refractivity (Wildman–Crippen MR) is 70.4 cm³/mol. The standard InChI is InChI=1S/C14H18N2O/c1-10-9-13(17)16(15-10)12-7-5-11(6-8-12)14(2,3)4/h5-8H,9H2,1-4H3. The van der Waals surface area contributed by atoms with E-state index in [0.29, 0.717) is 6.42 Å². The molecule has 0 aromatic heterocycles. The van der Waals surface area contributed by atoms with Gasteiger partial charge in [0.05, 0.1) is 12.1 Å². The summed E-state index contributed by atoms with van der Waals surface area (Å²) in [5.74, 6) is 0.0472. The smallest absolute Gasteiger partial charge is 0.253 e. The highest BCUT2D eigenvalue weighted by atomic mass is 16.2. The maximum atomic E-state index is 11.7. The Kier molecular flexibility index (Phi) is 2.77. The Morgan fingerprint density at radius 2 is 1.76 bits per heavy atom. The molecule has 1 aliphatic heterocycles. The van der Waals surface area contributed by atoms with Crippen LogP contribution in [0.25, 0.3) is 0 Å². The Bertz CT molecular complexity index is 466. The highest BCUT2D eigenvalue weighted by molar-refractivity contribution is 6.12. The number of amides is 1. The summed E-state index contributed by atoms with van der Waals surface area (Å²) in [7, 11) is 0. The number of carbonyl (C=O) groups is 1. The molecule has 1 heterocycles. The fraction of sp³-hybridized carbons (Fsp3) is 0.429. The molecular weight excluding hydrogens is 212 g/mol. The van der Waals surface area contributed by atoms with Crippen LogP contribution in [0.5, 0.6) is 0 Å². The summed E-state index contributed by atoms with van der Waals surface area (Å²) >= 11 is 0. The van der Waals surface area contributed by atoms with Crippen LogP contribution >= 0.6 is 0 Å². The molecule has 17 heavy (non-hydrogen) atoms. The lowest BCUT2D eigenvalue weighted by Crippen LogP contribution is -2.19. The van der Waals surface area contributed by atoms with Gasteiger partial charge in [-0.3, -0.25) is 4.79 Å². The number of hydrazone groups is 1. The van der Waals surface area contributed by atoms with Gasteiger partial charge in [0.1, 0.15) is 0 Å². The molecule has 0 N–H and O–H groups in total. The van der Waals surface area contributed by atoms with E-state index in [1.54, 1.807) is 0 Å². The Morgan fingerprint density at radius 1 is 1.18 bits per heavy atom. The molecule has 0 unspecified atom stereocenters. The van der Waals surface area contributed by atoms with Gasteiger partial charge < -0.3 is 0 Å². The SMILES string of the molecule is CC1=NN(c2ccc(C(C)(C)C)cc2)C(=O)C1. The molecule has 0 fully saturated rings. The molecule has 1 amide bonds. The summed E-state index contributed by atoms with van der Waals surface area (Å²) in [6.45, 7) is 8.39. The quantitative estimate of drug-likeness (QED) is 0.729. The van der Waals surface area contributed by atoms with Crippen LogP contribution in [0, 0.1) is 0 Å². The third kappa shape index (κ3) is 2.38. The number of anilines is 1. The van der Waals surface area contributed by atoms with E-state index >= 15 is 0 Å². The second kappa shape index (κ2) is 3.99. The van der Waals surface area contributed by atoms with Crippen LogP contribution in [0.4, 0.5) is 5.69 Å². The molecule has 3 nitrogen and oxygen atoms in total. The van der Waals surface area contributed by atoms with E-state index in [-0.39, 0.29) is 11.3 Å². The summed E-state index contributed by atoms with van der Waals surface area (Å²) in [6, 6.07) is 8.04. The highest BCUT2D eigenvalue weighted by Gasteiger charge is 2.23. The van der Waals surface area contributed by atoms with Crippen LogP contribution < -0.4 is 5.01 Å². The van der Waals surface area contributed by atoms with Crippen molar-refractivity contribution in [3.05, 3.63) is 29.8 Å². The number of hydrogen-bond donors (Lipinski definition) is 0. The van der Waals surface area contributed by atoms with E-state index < -0.39 is 0 Å². The Morgan fingerprint density at radius 3 is 2.18 bits per heavy atom. The monoisotopic (exact) mass is 230 g/mol. The molecule has 0 aliphatic carbocycles. The van der Waals surface area contributed by atoms with Crippen molar-refractivity contribution in [1.82, 2.24) is 0 Å². The van der Waals surface area contributed by atoms with Crippen LogP contribution in [0.2, 0.25) is 0 Å². The minimum absolute atomic E-state index is 0.0472. The second-order valence-electron chi connectivity index (χ2n) is 5.51. The molecule has 0 radical (unpaired) electrons. The van der Waals surface area contributed by atoms with Crippen LogP contribution in [0.3, 0.4) is 0 Å². The molecular formula is C14H18N2O. The molecule has 0 atom stereocenters. The molecule has 1 aliphatic rings. The van der Waals surface area contributed by atoms with Crippen molar-refractivity contribution in [2.45, 2.75) is 39.5 Å². The maximum absolute atomic E-state index is 11.7. The van der Waals surface area contributed by atoms with Crippen molar-refractivity contribution < 1.29 is 4.79 Å². The van der Waals surface area contributed by atoms with Gasteiger partial charge in [0.15, 0.2) is 0 Å². The van der Waals surface area contributed by atoms with E-state index in [1.807, 2.05) is 19.1 Å². The average Bonchev–Trinajstić information content (AvgIpc) is 2.57. The molecule has 0 bridgehead atoms. The topological polar surface area (TPSA) is 32.7 Å². The second-order valence-corrected chi connectivity index (χ2v) is 5.51. The van der Waals surface area contributed by atoms with Crippen molar-refractivity contribution in [3.8, 4) is 0 Å². The van der Waals surface area contributed by atoms with Crippen molar-refractivity contribution in [1.29, 1.82) is 0 Å². The van der Waals surface area contributed by atoms with Gasteiger partial charge in [-0.05, 0) is 30.0 Å². The normalized spacial score (nSPS) is 16.4. The fourth-order valence-corrected chi connectivity index (χ4v) is 1.86. The third-order valence-electron chi connectivity index (χ3n) is 2.89. The maximum Gasteiger partial charge on any atom is 0.253 e. The van der Waals surface area contributed by atoms with Gasteiger partial charge in [-0.1, -0.05) is 32.9 Å². The minimum Gasteiger partial charge on any atom is -0.272 e. The summed E-state index contributed by atoms with van der Waals surface area (Å²) in [5, 5.41) is 5.72. The summed E-state index contributed by atoms with van der Waals surface area (Å²) in [5.41, 5.74) is 3.11. The van der Waals surface area contributed by atoms with Gasteiger partial charge >= 0.3 is 0 Å². The first-order valence-corrected chi connectivity index (χ1v) is 5.85. The first kappa shape index (κ1) is 11.8. The largest absolute Gasteiger partial charge is 0.272 e. The number of rotatable bonds is 1. The lowest BCUT2D eigenvalue weighted by Gasteiger charge is -2.20. The van der Waals surface area contributed by atoms with Crippen molar-refractivity contribution in [3.63, 3.8) is 0 Å². The average molecular weight is 230 g/mol. The van der Waals surface area contributed by atoms with Crippen molar-refractivity contribution >= 4 is 17.3 Å². The number of hydrogen-bond acceptors (Lipinski definition) is 2. The van der Waals surface area contributed by atoms with E-state index in [9.17, 15) is 4.79 Å². The molecule has 0 saturated heterocycles. The first-order valence-electron chi connectivity index (χ1n) is 5.85. The van der Waals surface area contributed by atoms with Crippen molar-refractivity contribution in [2.75, 3.05) is 5.01 Å². The van der Waals surface area contributed by atoms with Crippen LogP contribution in [0.15, 0.2) is 29.4 Å². The molecule has 0 saturated carbocycles. The van der Waals surface area contributed by atoms with E-state index in [1.165, 1.54) is 10.6 Å². The van der Waals surface area contributed by atoms with E-state index in [0.717, 1.165) is 11.4 Å². The molecule has 1 aromatic carbocycles. The summed E-state index contributed by atoms with van der Waals surface area (Å²) < 4.78 is 0. The van der Waals surface area contributed by atoms with Gasteiger partial charge in [-0.25, -0.2) is 5.01 Å². The summed E-state index contributed by atoms with van der Waals surface area (Å²) in [6.07, 6.45) is 0.432. The van der Waals surface area contributed by atoms with Gasteiger partial charge in [0, 0.05) is 5.71 Å². The minimum atomic E-state index is 0.0472. The lowest BCUT2D eigenvalue weighted by molar-refractivity contribution is -0.116. The van der Waals surface area contributed by atoms with Crippen molar-refractivity contribution in [2.24, 2.45) is 5.10 Å². The zero-order chi connectivity index (χ0) is 12.6. The van der Waals surface area contributed by atoms with Gasteiger partial charge in [0.25, 0.3) is 5.91 Å². The molecule has 90 valence electrons. The van der Waals surface area contributed by atoms with Gasteiger partial charge in [-0.2, -0.15) is 5.10 Å². The zero-order valence-corrected chi connectivity index (χ0v) is 10.8. The fourth-order valence-electron chi connectivity index (χ4n) is 1.86. The van der Waals surface area contributed by atoms with Crippen LogP contribution in [-0.2, 0) is 10.2 Å².